The second-order valence-corrected chi connectivity index (χ2v) is 9.07. The molecule has 1 aliphatic rings. The molecule has 0 aliphatic carbocycles. The first-order chi connectivity index (χ1) is 14.8. The van der Waals surface area contributed by atoms with Crippen molar-refractivity contribution < 1.29 is 9.59 Å². The van der Waals surface area contributed by atoms with Crippen molar-refractivity contribution in [1.82, 2.24) is 15.3 Å². The third kappa shape index (κ3) is 4.57. The number of anilines is 2. The fraction of sp³-hybridized carbons (Fsp3) is 0.333. The summed E-state index contributed by atoms with van der Waals surface area (Å²) in [6.45, 7) is 5.37. The smallest absolute Gasteiger partial charge is 0.259 e. The zero-order chi connectivity index (χ0) is 22.1. The first kappa shape index (κ1) is 21.3. The summed E-state index contributed by atoms with van der Waals surface area (Å²) in [5, 5.41) is 6.68. The second kappa shape index (κ2) is 8.68. The Morgan fingerprint density at radius 3 is 2.87 bits per heavy atom. The van der Waals surface area contributed by atoms with Crippen molar-refractivity contribution in [3.8, 4) is 0 Å². The monoisotopic (exact) mass is 459 g/mol. The highest BCUT2D eigenvalue weighted by atomic mass is 35.5. The number of fused-ring (bicyclic) bond motifs is 1. The molecule has 0 spiro atoms. The third-order valence-corrected chi connectivity index (χ3v) is 6.69. The van der Waals surface area contributed by atoms with Gasteiger partial charge in [0.1, 0.15) is 10.7 Å². The first-order valence-electron chi connectivity index (χ1n) is 9.92. The number of nitrogens with zero attached hydrogens (tertiary/aromatic N) is 2. The molecule has 2 amide bonds. The lowest BCUT2D eigenvalue weighted by Gasteiger charge is -2.29. The lowest BCUT2D eigenvalue weighted by molar-refractivity contribution is -0.120. The molecular weight excluding hydrogens is 438 g/mol. The van der Waals surface area contributed by atoms with Crippen LogP contribution in [0.2, 0.25) is 5.02 Å². The lowest BCUT2D eigenvalue weighted by atomic mass is 10.2. The molecule has 162 valence electrons. The lowest BCUT2D eigenvalue weighted by Crippen LogP contribution is -2.47. The summed E-state index contributed by atoms with van der Waals surface area (Å²) in [5.74, 6) is 0.241. The van der Waals surface area contributed by atoms with Crippen molar-refractivity contribution in [3.05, 3.63) is 49.8 Å². The van der Waals surface area contributed by atoms with Gasteiger partial charge in [-0.15, -0.1) is 11.3 Å². The molecule has 1 aliphatic heterocycles. The Balaban J connectivity index is 1.40. The number of rotatable bonds is 5. The largest absolute Gasteiger partial charge is 0.359 e. The zero-order valence-corrected chi connectivity index (χ0v) is 18.7. The fourth-order valence-corrected chi connectivity index (χ4v) is 4.91. The van der Waals surface area contributed by atoms with Crippen LogP contribution in [0.1, 0.15) is 22.7 Å². The average Bonchev–Trinajstić information content (AvgIpc) is 3.00. The Bertz CT molecular complexity index is 1240. The van der Waals surface area contributed by atoms with Crippen LogP contribution in [0.25, 0.3) is 10.2 Å². The maximum Gasteiger partial charge on any atom is 0.259 e. The molecule has 31 heavy (non-hydrogen) atoms. The summed E-state index contributed by atoms with van der Waals surface area (Å²) in [5.41, 5.74) is 2.10. The summed E-state index contributed by atoms with van der Waals surface area (Å²) in [7, 11) is 0. The molecule has 3 heterocycles. The van der Waals surface area contributed by atoms with E-state index in [0.29, 0.717) is 46.3 Å². The highest BCUT2D eigenvalue weighted by Crippen LogP contribution is 2.29. The minimum atomic E-state index is -0.206. The van der Waals surface area contributed by atoms with Gasteiger partial charge in [0.05, 0.1) is 22.6 Å². The van der Waals surface area contributed by atoms with Crippen molar-refractivity contribution >= 4 is 56.3 Å². The Morgan fingerprint density at radius 2 is 2.13 bits per heavy atom. The Labute approximate surface area is 187 Å². The number of benzene rings is 1. The Morgan fingerprint density at radius 1 is 1.32 bits per heavy atom. The molecule has 1 saturated heterocycles. The number of aromatic amines is 1. The number of carbonyl (C=O) groups is 2. The topological polar surface area (TPSA) is 107 Å². The van der Waals surface area contributed by atoms with Gasteiger partial charge in [-0.2, -0.15) is 0 Å². The van der Waals surface area contributed by atoms with E-state index >= 15 is 0 Å². The van der Waals surface area contributed by atoms with E-state index in [9.17, 15) is 14.4 Å². The highest BCUT2D eigenvalue weighted by Gasteiger charge is 2.19. The van der Waals surface area contributed by atoms with Crippen molar-refractivity contribution in [2.45, 2.75) is 26.7 Å². The summed E-state index contributed by atoms with van der Waals surface area (Å²) in [4.78, 5) is 47.3. The van der Waals surface area contributed by atoms with Crippen LogP contribution in [0.5, 0.6) is 0 Å². The predicted molar refractivity (Wildman–Crippen MR) is 123 cm³/mol. The minimum Gasteiger partial charge on any atom is -0.359 e. The molecule has 0 atom stereocenters. The van der Waals surface area contributed by atoms with Crippen molar-refractivity contribution in [2.75, 3.05) is 29.9 Å². The quantitative estimate of drug-likeness (QED) is 0.543. The van der Waals surface area contributed by atoms with Gasteiger partial charge in [-0.05, 0) is 37.6 Å². The number of aromatic nitrogens is 2. The third-order valence-electron chi connectivity index (χ3n) is 5.29. The van der Waals surface area contributed by atoms with E-state index in [1.807, 2.05) is 18.7 Å². The molecule has 0 radical (unpaired) electrons. The van der Waals surface area contributed by atoms with E-state index in [4.69, 9.17) is 11.6 Å². The van der Waals surface area contributed by atoms with Crippen molar-refractivity contribution in [2.24, 2.45) is 0 Å². The summed E-state index contributed by atoms with van der Waals surface area (Å²) >= 11 is 7.86. The van der Waals surface area contributed by atoms with Crippen LogP contribution in [-0.4, -0.2) is 41.4 Å². The number of thiophene rings is 1. The molecule has 3 aromatic rings. The molecule has 0 unspecified atom stereocenters. The molecular formula is C21H22ClN5O3S. The van der Waals surface area contributed by atoms with Crippen LogP contribution in [0.15, 0.2) is 23.0 Å². The number of halogens is 1. The van der Waals surface area contributed by atoms with Gasteiger partial charge in [-0.3, -0.25) is 14.4 Å². The van der Waals surface area contributed by atoms with Crippen LogP contribution in [0, 0.1) is 13.8 Å². The van der Waals surface area contributed by atoms with Gasteiger partial charge in [-0.25, -0.2) is 4.98 Å². The summed E-state index contributed by atoms with van der Waals surface area (Å²) < 4.78 is 0. The van der Waals surface area contributed by atoms with Gasteiger partial charge in [-0.1, -0.05) is 11.6 Å². The standard InChI is InChI=1S/C21H22ClN5O3S/c1-11-12(2)31-21-19(11)20(30)25-16(26-21)5-6-17(28)24-13-3-4-15(14(22)9-13)27-8-7-23-18(29)10-27/h3-4,9H,5-8,10H2,1-2H3,(H,23,29)(H,24,28)(H,25,26,30). The number of aryl methyl sites for hydroxylation is 3. The number of piperazine rings is 1. The number of H-pyrrole nitrogens is 1. The van der Waals surface area contributed by atoms with E-state index < -0.39 is 0 Å². The van der Waals surface area contributed by atoms with Crippen LogP contribution in [0.3, 0.4) is 0 Å². The second-order valence-electron chi connectivity index (χ2n) is 7.46. The van der Waals surface area contributed by atoms with Gasteiger partial charge >= 0.3 is 0 Å². The van der Waals surface area contributed by atoms with Gasteiger partial charge in [0, 0.05) is 36.5 Å². The summed E-state index contributed by atoms with van der Waals surface area (Å²) in [6.07, 6.45) is 0.491. The maximum atomic E-state index is 12.4. The number of nitrogens with one attached hydrogen (secondary N) is 3. The van der Waals surface area contributed by atoms with Crippen LogP contribution in [-0.2, 0) is 16.0 Å². The van der Waals surface area contributed by atoms with Crippen LogP contribution >= 0.6 is 22.9 Å². The zero-order valence-electron chi connectivity index (χ0n) is 17.2. The highest BCUT2D eigenvalue weighted by molar-refractivity contribution is 7.18. The first-order valence-corrected chi connectivity index (χ1v) is 11.1. The van der Waals surface area contributed by atoms with Gasteiger partial charge in [0.25, 0.3) is 5.56 Å². The fourth-order valence-electron chi connectivity index (χ4n) is 3.56. The van der Waals surface area contributed by atoms with Crippen LogP contribution in [0.4, 0.5) is 11.4 Å². The van der Waals surface area contributed by atoms with E-state index in [2.05, 4.69) is 20.6 Å². The number of hydrogen-bond donors (Lipinski definition) is 3. The number of carbonyl (C=O) groups excluding carboxylic acids is 2. The molecule has 1 aromatic carbocycles. The normalized spacial score (nSPS) is 14.0. The van der Waals surface area contributed by atoms with Gasteiger partial charge < -0.3 is 20.5 Å². The van der Waals surface area contributed by atoms with E-state index in [1.54, 1.807) is 18.2 Å². The minimum absolute atomic E-state index is 0.0441. The molecule has 0 bridgehead atoms. The number of hydrogen-bond acceptors (Lipinski definition) is 6. The van der Waals surface area contributed by atoms with Gasteiger partial charge in [0.15, 0.2) is 0 Å². The van der Waals surface area contributed by atoms with Gasteiger partial charge in [0.2, 0.25) is 11.8 Å². The number of amides is 2. The Kier molecular flexibility index (Phi) is 5.97. The molecule has 10 heteroatoms. The Hall–Kier alpha value is -2.91. The van der Waals surface area contributed by atoms with Crippen molar-refractivity contribution in [1.29, 1.82) is 0 Å². The van der Waals surface area contributed by atoms with E-state index in [1.165, 1.54) is 11.3 Å². The maximum absolute atomic E-state index is 12.4. The molecule has 8 nitrogen and oxygen atoms in total. The van der Waals surface area contributed by atoms with E-state index in [0.717, 1.165) is 16.1 Å². The van der Waals surface area contributed by atoms with E-state index in [-0.39, 0.29) is 30.3 Å². The van der Waals surface area contributed by atoms with Crippen LogP contribution < -0.4 is 21.1 Å². The average molecular weight is 460 g/mol. The SMILES string of the molecule is Cc1sc2nc(CCC(=O)Nc3ccc(N4CCNC(=O)C4)c(Cl)c3)[nH]c(=O)c2c1C. The summed E-state index contributed by atoms with van der Waals surface area (Å²) in [6, 6.07) is 5.23. The van der Waals surface area contributed by atoms with Crippen molar-refractivity contribution in [3.63, 3.8) is 0 Å². The molecule has 2 aromatic heterocycles. The molecule has 1 fully saturated rings. The molecule has 3 N–H and O–H groups in total. The molecule has 4 rings (SSSR count). The molecule has 0 saturated carbocycles. The predicted octanol–water partition coefficient (Wildman–Crippen LogP) is 2.76.